The highest BCUT2D eigenvalue weighted by Crippen LogP contribution is 2.36. The van der Waals surface area contributed by atoms with Crippen LogP contribution >= 0.6 is 34.7 Å². The maximum atomic E-state index is 13.1. The van der Waals surface area contributed by atoms with E-state index in [1.54, 1.807) is 5.01 Å². The molecular weight excluding hydrogens is 452 g/mol. The average molecular weight is 473 g/mol. The van der Waals surface area contributed by atoms with Crippen molar-refractivity contribution >= 4 is 57.1 Å². The predicted octanol–water partition coefficient (Wildman–Crippen LogP) is 4.31. The molecule has 10 heteroatoms. The lowest BCUT2D eigenvalue weighted by atomic mass is 9.98. The first-order chi connectivity index (χ1) is 14.9. The molecule has 2 heterocycles. The Kier molecular flexibility index (Phi) is 6.45. The second kappa shape index (κ2) is 9.25. The summed E-state index contributed by atoms with van der Waals surface area (Å²) >= 11 is 8.98. The molecule has 0 aliphatic carbocycles. The molecule has 160 valence electrons. The Bertz CT molecular complexity index is 1120. The lowest BCUT2D eigenvalue weighted by molar-refractivity contribution is -0.130. The Balaban J connectivity index is 1.60. The second-order valence-corrected chi connectivity index (χ2v) is 9.80. The minimum atomic E-state index is -0.199. The van der Waals surface area contributed by atoms with Crippen LogP contribution in [-0.4, -0.2) is 46.7 Å². The molecule has 1 unspecified atom stereocenters. The van der Waals surface area contributed by atoms with Crippen LogP contribution in [0.1, 0.15) is 23.6 Å². The number of aromatic nitrogens is 2. The number of nitrogen functional groups attached to an aromatic ring is 1. The van der Waals surface area contributed by atoms with E-state index in [2.05, 4.69) is 15.3 Å². The molecule has 2 N–H and O–H groups in total. The quantitative estimate of drug-likeness (QED) is 0.538. The normalized spacial score (nSPS) is 15.8. The molecule has 0 bridgehead atoms. The van der Waals surface area contributed by atoms with Crippen molar-refractivity contribution < 1.29 is 4.79 Å². The van der Waals surface area contributed by atoms with Crippen LogP contribution in [0.2, 0.25) is 5.02 Å². The molecule has 0 saturated heterocycles. The molecule has 0 radical (unpaired) electrons. The third kappa shape index (κ3) is 4.84. The molecule has 2 aromatic carbocycles. The van der Waals surface area contributed by atoms with Crippen molar-refractivity contribution in [3.63, 3.8) is 0 Å². The number of nitrogens with zero attached hydrogens (tertiary/aromatic N) is 5. The summed E-state index contributed by atoms with van der Waals surface area (Å²) in [5.41, 5.74) is 9.39. The molecule has 1 aromatic heterocycles. The summed E-state index contributed by atoms with van der Waals surface area (Å²) in [6.45, 7) is 0. The van der Waals surface area contributed by atoms with Gasteiger partial charge in [0.1, 0.15) is 0 Å². The van der Waals surface area contributed by atoms with E-state index in [1.165, 1.54) is 23.1 Å². The standard InChI is InChI=1S/C21H21ClN6OS2/c1-27(2)14-9-7-13(8-10-14)18-11-17(15-5-3-4-6-16(15)22)26-28(18)19(29)12-30-21-25-24-20(23)31-21/h3-10,18H,11-12H2,1-2H3,(H2,23,24). The molecule has 3 aromatic rings. The molecule has 4 rings (SSSR count). The number of amides is 1. The number of hydrogen-bond acceptors (Lipinski definition) is 8. The Morgan fingerprint density at radius 1 is 1.23 bits per heavy atom. The van der Waals surface area contributed by atoms with E-state index < -0.39 is 0 Å². The van der Waals surface area contributed by atoms with Gasteiger partial charge in [-0.15, -0.1) is 10.2 Å². The summed E-state index contributed by atoms with van der Waals surface area (Å²) in [4.78, 5) is 15.2. The van der Waals surface area contributed by atoms with Crippen LogP contribution < -0.4 is 10.6 Å². The minimum absolute atomic E-state index is 0.109. The van der Waals surface area contributed by atoms with Crippen molar-refractivity contribution in [2.24, 2.45) is 5.10 Å². The van der Waals surface area contributed by atoms with Gasteiger partial charge in [0.05, 0.1) is 17.5 Å². The summed E-state index contributed by atoms with van der Waals surface area (Å²) in [6, 6.07) is 15.6. The first kappa shape index (κ1) is 21.6. The number of anilines is 2. The minimum Gasteiger partial charge on any atom is -0.378 e. The second-order valence-electron chi connectivity index (χ2n) is 7.17. The molecule has 7 nitrogen and oxygen atoms in total. The number of nitrogens with two attached hydrogens (primary N) is 1. The van der Waals surface area contributed by atoms with Gasteiger partial charge in [-0.3, -0.25) is 4.79 Å². The van der Waals surface area contributed by atoms with E-state index in [0.717, 1.165) is 22.5 Å². The van der Waals surface area contributed by atoms with Gasteiger partial charge in [0.25, 0.3) is 5.91 Å². The Labute approximate surface area is 193 Å². The molecule has 31 heavy (non-hydrogen) atoms. The zero-order valence-corrected chi connectivity index (χ0v) is 19.4. The average Bonchev–Trinajstić information content (AvgIpc) is 3.39. The Morgan fingerprint density at radius 3 is 2.61 bits per heavy atom. The van der Waals surface area contributed by atoms with Crippen molar-refractivity contribution in [3.05, 3.63) is 64.7 Å². The van der Waals surface area contributed by atoms with Gasteiger partial charge in [0.2, 0.25) is 5.13 Å². The highest BCUT2D eigenvalue weighted by atomic mass is 35.5. The molecule has 1 atom stereocenters. The number of carbonyl (C=O) groups excluding carboxylic acids is 1. The van der Waals surface area contributed by atoms with Crippen LogP contribution in [0.4, 0.5) is 10.8 Å². The summed E-state index contributed by atoms with van der Waals surface area (Å²) in [7, 11) is 3.99. The van der Waals surface area contributed by atoms with Gasteiger partial charge in [0, 0.05) is 36.8 Å². The molecule has 1 aliphatic heterocycles. The fourth-order valence-electron chi connectivity index (χ4n) is 3.32. The van der Waals surface area contributed by atoms with E-state index in [-0.39, 0.29) is 17.7 Å². The topological polar surface area (TPSA) is 87.7 Å². The first-order valence-electron chi connectivity index (χ1n) is 9.56. The summed E-state index contributed by atoms with van der Waals surface area (Å²) in [5.74, 6) is 0.0859. The largest absolute Gasteiger partial charge is 0.378 e. The van der Waals surface area contributed by atoms with Crippen molar-refractivity contribution in [2.45, 2.75) is 16.8 Å². The predicted molar refractivity (Wildman–Crippen MR) is 128 cm³/mol. The van der Waals surface area contributed by atoms with Gasteiger partial charge in [-0.2, -0.15) is 5.10 Å². The van der Waals surface area contributed by atoms with Gasteiger partial charge in [-0.05, 0) is 23.8 Å². The lowest BCUT2D eigenvalue weighted by Gasteiger charge is -2.22. The van der Waals surface area contributed by atoms with Crippen LogP contribution in [0.5, 0.6) is 0 Å². The number of carbonyl (C=O) groups is 1. The van der Waals surface area contributed by atoms with Crippen molar-refractivity contribution in [1.82, 2.24) is 15.2 Å². The van der Waals surface area contributed by atoms with E-state index in [4.69, 9.17) is 17.3 Å². The van der Waals surface area contributed by atoms with E-state index in [9.17, 15) is 4.79 Å². The monoisotopic (exact) mass is 472 g/mol. The zero-order valence-electron chi connectivity index (χ0n) is 17.0. The van der Waals surface area contributed by atoms with Crippen molar-refractivity contribution in [2.75, 3.05) is 30.5 Å². The molecule has 1 aliphatic rings. The lowest BCUT2D eigenvalue weighted by Crippen LogP contribution is -2.28. The van der Waals surface area contributed by atoms with E-state index >= 15 is 0 Å². The number of hydrogen-bond donors (Lipinski definition) is 1. The number of benzene rings is 2. The fourth-order valence-corrected chi connectivity index (χ4v) is 5.05. The van der Waals surface area contributed by atoms with Crippen LogP contribution in [-0.2, 0) is 4.79 Å². The summed E-state index contributed by atoms with van der Waals surface area (Å²) in [5, 5.41) is 15.0. The van der Waals surface area contributed by atoms with Gasteiger partial charge >= 0.3 is 0 Å². The maximum absolute atomic E-state index is 13.1. The van der Waals surface area contributed by atoms with Crippen LogP contribution in [0.3, 0.4) is 0 Å². The number of hydrazone groups is 1. The fraction of sp³-hybridized carbons (Fsp3) is 0.238. The number of rotatable bonds is 6. The first-order valence-corrected chi connectivity index (χ1v) is 11.7. The molecule has 0 spiro atoms. The van der Waals surface area contributed by atoms with Gasteiger partial charge in [-0.1, -0.05) is 65.0 Å². The highest BCUT2D eigenvalue weighted by molar-refractivity contribution is 8.01. The van der Waals surface area contributed by atoms with Gasteiger partial charge < -0.3 is 10.6 Å². The molecule has 0 fully saturated rings. The summed E-state index contributed by atoms with van der Waals surface area (Å²) < 4.78 is 0.659. The van der Waals surface area contributed by atoms with Crippen molar-refractivity contribution in [3.8, 4) is 0 Å². The molecular formula is C21H21ClN6OS2. The Hall–Kier alpha value is -2.62. The van der Waals surface area contributed by atoms with Crippen LogP contribution in [0.25, 0.3) is 0 Å². The Morgan fingerprint density at radius 2 is 1.97 bits per heavy atom. The zero-order chi connectivity index (χ0) is 22.0. The van der Waals surface area contributed by atoms with Crippen LogP contribution in [0.15, 0.2) is 58.0 Å². The van der Waals surface area contributed by atoms with E-state index in [0.29, 0.717) is 20.9 Å². The maximum Gasteiger partial charge on any atom is 0.253 e. The van der Waals surface area contributed by atoms with E-state index in [1.807, 2.05) is 67.5 Å². The number of halogens is 1. The third-order valence-electron chi connectivity index (χ3n) is 4.89. The van der Waals surface area contributed by atoms with Crippen molar-refractivity contribution in [1.29, 1.82) is 0 Å². The van der Waals surface area contributed by atoms with Gasteiger partial charge in [0.15, 0.2) is 4.34 Å². The summed E-state index contributed by atoms with van der Waals surface area (Å²) in [6.07, 6.45) is 0.590. The molecule has 0 saturated carbocycles. The molecule has 1 amide bonds. The van der Waals surface area contributed by atoms with Gasteiger partial charge in [-0.25, -0.2) is 5.01 Å². The SMILES string of the molecule is CN(C)c1ccc(C2CC(c3ccccc3Cl)=NN2C(=O)CSc2nnc(N)s2)cc1. The smallest absolute Gasteiger partial charge is 0.253 e. The third-order valence-corrected chi connectivity index (χ3v) is 7.09. The highest BCUT2D eigenvalue weighted by Gasteiger charge is 2.33. The number of thioether (sulfide) groups is 1. The van der Waals surface area contributed by atoms with Crippen LogP contribution in [0, 0.1) is 0 Å².